The molecule has 4 heteroatoms. The number of thiol groups is 1. The van der Waals surface area contributed by atoms with Gasteiger partial charge in [-0.05, 0) is 30.5 Å². The van der Waals surface area contributed by atoms with Crippen LogP contribution >= 0.6 is 28.7 Å². The molecule has 2 nitrogen and oxygen atoms in total. The van der Waals surface area contributed by atoms with Gasteiger partial charge in [-0.3, -0.25) is 9.21 Å². The molecule has 0 bridgehead atoms. The molecule has 2 fully saturated rings. The van der Waals surface area contributed by atoms with Crippen molar-refractivity contribution in [1.29, 1.82) is 0 Å². The second-order valence-electron chi connectivity index (χ2n) is 4.98. The Morgan fingerprint density at radius 2 is 1.59 bits per heavy atom. The highest BCUT2D eigenvalue weighted by molar-refractivity contribution is 9.10. The fourth-order valence-electron chi connectivity index (χ4n) is 2.79. The zero-order valence-corrected chi connectivity index (χ0v) is 12.3. The molecule has 2 aliphatic rings. The molecule has 0 aromatic heterocycles. The van der Waals surface area contributed by atoms with Gasteiger partial charge in [0, 0.05) is 36.2 Å². The number of hydrogen-bond acceptors (Lipinski definition) is 3. The Kier molecular flexibility index (Phi) is 3.24. The predicted octanol–water partition coefficient (Wildman–Crippen LogP) is 2.90. The molecular formula is C13H17BrN2S. The van der Waals surface area contributed by atoms with Crippen molar-refractivity contribution in [1.82, 2.24) is 9.21 Å². The summed E-state index contributed by atoms with van der Waals surface area (Å²) in [5, 5.41) is 0. The third-order valence-electron chi connectivity index (χ3n) is 3.97. The summed E-state index contributed by atoms with van der Waals surface area (Å²) in [5.74, 6) is 0. The maximum atomic E-state index is 4.42. The van der Waals surface area contributed by atoms with Crippen molar-refractivity contribution in [3.05, 3.63) is 34.3 Å². The van der Waals surface area contributed by atoms with Gasteiger partial charge in [0.05, 0.1) is 0 Å². The van der Waals surface area contributed by atoms with E-state index in [1.807, 2.05) is 0 Å². The summed E-state index contributed by atoms with van der Waals surface area (Å²) in [4.78, 5) is 2.64. The fraction of sp³-hybridized carbons (Fsp3) is 0.538. The van der Waals surface area contributed by atoms with Gasteiger partial charge in [-0.15, -0.1) is 0 Å². The first-order valence-electron chi connectivity index (χ1n) is 6.16. The van der Waals surface area contributed by atoms with E-state index in [1.54, 1.807) is 0 Å². The molecule has 1 aliphatic heterocycles. The summed E-state index contributed by atoms with van der Waals surface area (Å²) in [6, 6.07) is 8.85. The van der Waals surface area contributed by atoms with Gasteiger partial charge in [0.1, 0.15) is 0 Å². The van der Waals surface area contributed by atoms with Crippen LogP contribution in [0, 0.1) is 0 Å². The third-order valence-corrected chi connectivity index (χ3v) is 4.90. The Balaban J connectivity index is 1.79. The highest BCUT2D eigenvalue weighted by atomic mass is 79.9. The predicted molar refractivity (Wildman–Crippen MR) is 77.2 cm³/mol. The molecule has 1 aromatic rings. The van der Waals surface area contributed by atoms with E-state index < -0.39 is 0 Å². The molecular weight excluding hydrogens is 296 g/mol. The second-order valence-corrected chi connectivity index (χ2v) is 6.46. The summed E-state index contributed by atoms with van der Waals surface area (Å²) in [6.45, 7) is 4.42. The lowest BCUT2D eigenvalue weighted by Crippen LogP contribution is -2.47. The van der Waals surface area contributed by atoms with Gasteiger partial charge in [-0.25, -0.2) is 0 Å². The van der Waals surface area contributed by atoms with Gasteiger partial charge in [-0.2, -0.15) is 0 Å². The molecule has 92 valence electrons. The molecule has 0 N–H and O–H groups in total. The minimum absolute atomic E-state index is 0.343. The second kappa shape index (κ2) is 4.57. The number of halogens is 1. The Morgan fingerprint density at radius 3 is 2.12 bits per heavy atom. The molecule has 1 heterocycles. The number of benzene rings is 1. The van der Waals surface area contributed by atoms with E-state index in [1.165, 1.54) is 18.4 Å². The van der Waals surface area contributed by atoms with Gasteiger partial charge < -0.3 is 0 Å². The first-order chi connectivity index (χ1) is 8.21. The lowest BCUT2D eigenvalue weighted by Gasteiger charge is -2.38. The zero-order chi connectivity index (χ0) is 11.9. The lowest BCUT2D eigenvalue weighted by atomic mass is 10.0. The van der Waals surface area contributed by atoms with Crippen LogP contribution in [0.3, 0.4) is 0 Å². The number of hydrogen-bond donors (Lipinski definition) is 1. The topological polar surface area (TPSA) is 6.48 Å². The molecule has 3 rings (SSSR count). The normalized spacial score (nSPS) is 24.8. The van der Waals surface area contributed by atoms with Crippen molar-refractivity contribution >= 4 is 28.7 Å². The molecule has 0 unspecified atom stereocenters. The van der Waals surface area contributed by atoms with Gasteiger partial charge in [0.15, 0.2) is 0 Å². The zero-order valence-electron chi connectivity index (χ0n) is 9.77. The largest absolute Gasteiger partial charge is 0.291 e. The van der Waals surface area contributed by atoms with Crippen molar-refractivity contribution in [3.8, 4) is 0 Å². The van der Waals surface area contributed by atoms with E-state index in [-0.39, 0.29) is 0 Å². The van der Waals surface area contributed by atoms with E-state index in [2.05, 4.69) is 62.2 Å². The Bertz CT molecular complexity index is 394. The van der Waals surface area contributed by atoms with Gasteiger partial charge in [0.2, 0.25) is 0 Å². The van der Waals surface area contributed by atoms with E-state index in [9.17, 15) is 0 Å². The maximum absolute atomic E-state index is 4.42. The first kappa shape index (κ1) is 12.0. The molecule has 1 aromatic carbocycles. The smallest absolute Gasteiger partial charge is 0.0463 e. The molecule has 0 radical (unpaired) electrons. The molecule has 0 amide bonds. The summed E-state index contributed by atoms with van der Waals surface area (Å²) in [5.41, 5.74) is 1.82. The van der Waals surface area contributed by atoms with Crippen LogP contribution in [0.15, 0.2) is 28.7 Å². The van der Waals surface area contributed by atoms with E-state index in [4.69, 9.17) is 0 Å². The van der Waals surface area contributed by atoms with E-state index in [0.717, 1.165) is 30.7 Å². The maximum Gasteiger partial charge on any atom is 0.0463 e. The van der Waals surface area contributed by atoms with Crippen LogP contribution in [0.25, 0.3) is 0 Å². The Morgan fingerprint density at radius 1 is 1.00 bits per heavy atom. The molecule has 1 saturated heterocycles. The fourth-order valence-corrected chi connectivity index (χ4v) is 3.23. The van der Waals surface area contributed by atoms with Crippen molar-refractivity contribution < 1.29 is 0 Å². The molecule has 0 atom stereocenters. The Labute approximate surface area is 117 Å². The summed E-state index contributed by atoms with van der Waals surface area (Å²) < 4.78 is 3.28. The lowest BCUT2D eigenvalue weighted by molar-refractivity contribution is 0.126. The summed E-state index contributed by atoms with van der Waals surface area (Å²) in [6.07, 6.45) is 2.61. The average molecular weight is 313 g/mol. The SMILES string of the molecule is SN1CCN(C2(c3ccc(Br)cc3)CC2)CC1. The number of piperazine rings is 1. The quantitative estimate of drug-likeness (QED) is 0.839. The Hall–Kier alpha value is -0.0300. The third kappa shape index (κ3) is 2.28. The van der Waals surface area contributed by atoms with E-state index >= 15 is 0 Å². The average Bonchev–Trinajstić information content (AvgIpc) is 3.12. The highest BCUT2D eigenvalue weighted by Crippen LogP contribution is 2.51. The summed E-state index contributed by atoms with van der Waals surface area (Å²) >= 11 is 7.93. The van der Waals surface area contributed by atoms with Crippen molar-refractivity contribution in [2.24, 2.45) is 0 Å². The standard InChI is InChI=1S/C13H17BrN2S/c14-12-3-1-11(2-4-12)13(5-6-13)15-7-9-16(17)10-8-15/h1-4,17H,5-10H2. The molecule has 1 saturated carbocycles. The molecule has 17 heavy (non-hydrogen) atoms. The van der Waals surface area contributed by atoms with Crippen molar-refractivity contribution in [2.45, 2.75) is 18.4 Å². The molecule has 1 aliphatic carbocycles. The van der Waals surface area contributed by atoms with Gasteiger partial charge >= 0.3 is 0 Å². The molecule has 0 spiro atoms. The highest BCUT2D eigenvalue weighted by Gasteiger charge is 2.49. The van der Waals surface area contributed by atoms with Crippen LogP contribution in [-0.4, -0.2) is 35.4 Å². The van der Waals surface area contributed by atoms with Gasteiger partial charge in [-0.1, -0.05) is 40.9 Å². The monoisotopic (exact) mass is 312 g/mol. The minimum Gasteiger partial charge on any atom is -0.291 e. The van der Waals surface area contributed by atoms with Crippen molar-refractivity contribution in [2.75, 3.05) is 26.2 Å². The number of rotatable bonds is 2. The van der Waals surface area contributed by atoms with Crippen LogP contribution in [0.1, 0.15) is 18.4 Å². The number of nitrogens with zero attached hydrogens (tertiary/aromatic N) is 2. The van der Waals surface area contributed by atoms with Crippen LogP contribution in [0.5, 0.6) is 0 Å². The summed E-state index contributed by atoms with van der Waals surface area (Å²) in [7, 11) is 0. The van der Waals surface area contributed by atoms with Crippen LogP contribution in [-0.2, 0) is 5.54 Å². The van der Waals surface area contributed by atoms with Gasteiger partial charge in [0.25, 0.3) is 0 Å². The first-order valence-corrected chi connectivity index (χ1v) is 7.35. The van der Waals surface area contributed by atoms with Crippen LogP contribution in [0.2, 0.25) is 0 Å². The van der Waals surface area contributed by atoms with E-state index in [0.29, 0.717) is 5.54 Å². The van der Waals surface area contributed by atoms with Crippen LogP contribution < -0.4 is 0 Å². The minimum atomic E-state index is 0.343. The van der Waals surface area contributed by atoms with Crippen molar-refractivity contribution in [3.63, 3.8) is 0 Å². The van der Waals surface area contributed by atoms with Crippen LogP contribution in [0.4, 0.5) is 0 Å².